The van der Waals surface area contributed by atoms with E-state index >= 15 is 0 Å². The fourth-order valence-corrected chi connectivity index (χ4v) is 3.96. The minimum Gasteiger partial charge on any atom is -0.368 e. The highest BCUT2D eigenvalue weighted by molar-refractivity contribution is 6.01. The van der Waals surface area contributed by atoms with E-state index in [9.17, 15) is 4.39 Å². The number of anilines is 3. The summed E-state index contributed by atoms with van der Waals surface area (Å²) in [7, 11) is 0. The number of imidazole rings is 1. The van der Waals surface area contributed by atoms with Crippen LogP contribution in [0.15, 0.2) is 34.5 Å². The van der Waals surface area contributed by atoms with Crippen molar-refractivity contribution in [3.05, 3.63) is 47.6 Å². The molecule has 0 atom stereocenters. The van der Waals surface area contributed by atoms with Gasteiger partial charge in [-0.2, -0.15) is 0 Å². The standard InChI is InChI=1S/C23H29FN10/c1-14(2)34-16(4)29-15(3)22(34)32-21(25-5)20-18(24)13-28-23(31-20)30-19-7-6-17(12-27-19)33-10-8-26-9-11-33/h6-7,12-14,26H,5,8-11H2,1-4H3,(H,27,28,30,31). The van der Waals surface area contributed by atoms with Gasteiger partial charge in [-0.15, -0.1) is 0 Å². The molecule has 4 heterocycles. The molecule has 11 heteroatoms. The Balaban J connectivity index is 1.60. The van der Waals surface area contributed by atoms with Gasteiger partial charge in [0.2, 0.25) is 5.95 Å². The van der Waals surface area contributed by atoms with Crippen molar-refractivity contribution in [2.24, 2.45) is 9.98 Å². The molecule has 4 rings (SSSR count). The van der Waals surface area contributed by atoms with Gasteiger partial charge in [-0.3, -0.25) is 0 Å². The van der Waals surface area contributed by atoms with Gasteiger partial charge in [-0.25, -0.2) is 34.3 Å². The van der Waals surface area contributed by atoms with Gasteiger partial charge >= 0.3 is 0 Å². The number of nitrogens with zero attached hydrogens (tertiary/aromatic N) is 8. The predicted octanol–water partition coefficient (Wildman–Crippen LogP) is 3.34. The third-order valence-corrected chi connectivity index (χ3v) is 5.53. The number of halogens is 1. The Morgan fingerprint density at radius 3 is 2.56 bits per heavy atom. The second kappa shape index (κ2) is 10.0. The fraction of sp³-hybridized carbons (Fsp3) is 0.391. The molecule has 178 valence electrons. The largest absolute Gasteiger partial charge is 0.368 e. The first-order valence-electron chi connectivity index (χ1n) is 11.2. The van der Waals surface area contributed by atoms with Crippen LogP contribution in [0, 0.1) is 19.7 Å². The van der Waals surface area contributed by atoms with Gasteiger partial charge in [-0.1, -0.05) is 0 Å². The average molecular weight is 465 g/mol. The molecule has 0 aromatic carbocycles. The van der Waals surface area contributed by atoms with Gasteiger partial charge in [0.25, 0.3) is 0 Å². The summed E-state index contributed by atoms with van der Waals surface area (Å²) in [6.07, 6.45) is 2.88. The maximum absolute atomic E-state index is 14.7. The molecule has 1 saturated heterocycles. The lowest BCUT2D eigenvalue weighted by atomic mass is 10.3. The van der Waals surface area contributed by atoms with Crippen LogP contribution in [0.1, 0.15) is 37.1 Å². The van der Waals surface area contributed by atoms with Gasteiger partial charge < -0.3 is 20.1 Å². The van der Waals surface area contributed by atoms with E-state index in [0.29, 0.717) is 17.3 Å². The summed E-state index contributed by atoms with van der Waals surface area (Å²) >= 11 is 0. The van der Waals surface area contributed by atoms with E-state index in [1.54, 1.807) is 6.20 Å². The lowest BCUT2D eigenvalue weighted by Gasteiger charge is -2.29. The lowest BCUT2D eigenvalue weighted by molar-refractivity contribution is 0.586. The third kappa shape index (κ3) is 4.93. The van der Waals surface area contributed by atoms with Crippen molar-refractivity contribution in [1.29, 1.82) is 0 Å². The Morgan fingerprint density at radius 1 is 1.15 bits per heavy atom. The molecule has 0 spiro atoms. The summed E-state index contributed by atoms with van der Waals surface area (Å²) in [6, 6.07) is 3.95. The predicted molar refractivity (Wildman–Crippen MR) is 132 cm³/mol. The van der Waals surface area contributed by atoms with Crippen molar-refractivity contribution < 1.29 is 4.39 Å². The van der Waals surface area contributed by atoms with Crippen LogP contribution in [0.5, 0.6) is 0 Å². The smallest absolute Gasteiger partial charge is 0.229 e. The van der Waals surface area contributed by atoms with Gasteiger partial charge in [-0.05, 0) is 46.5 Å². The molecule has 34 heavy (non-hydrogen) atoms. The summed E-state index contributed by atoms with van der Waals surface area (Å²) < 4.78 is 16.7. The van der Waals surface area contributed by atoms with Gasteiger partial charge in [0.1, 0.15) is 17.3 Å². The van der Waals surface area contributed by atoms with Crippen molar-refractivity contribution in [3.63, 3.8) is 0 Å². The van der Waals surface area contributed by atoms with Crippen LogP contribution in [0.3, 0.4) is 0 Å². The van der Waals surface area contributed by atoms with Gasteiger partial charge in [0, 0.05) is 32.2 Å². The zero-order chi connectivity index (χ0) is 24.2. The van der Waals surface area contributed by atoms with Crippen LogP contribution < -0.4 is 15.5 Å². The van der Waals surface area contributed by atoms with Crippen LogP contribution in [0.25, 0.3) is 0 Å². The molecule has 1 fully saturated rings. The highest BCUT2D eigenvalue weighted by atomic mass is 19.1. The Labute approximate surface area is 198 Å². The van der Waals surface area contributed by atoms with E-state index in [0.717, 1.165) is 43.9 Å². The summed E-state index contributed by atoms with van der Waals surface area (Å²) in [5.74, 6) is 1.54. The summed E-state index contributed by atoms with van der Waals surface area (Å²) in [5, 5.41) is 6.36. The second-order valence-corrected chi connectivity index (χ2v) is 8.28. The number of aryl methyl sites for hydroxylation is 2. The minimum atomic E-state index is -0.649. The number of amidine groups is 1. The number of aliphatic imine (C=N–C) groups is 2. The monoisotopic (exact) mass is 464 g/mol. The Morgan fingerprint density at radius 2 is 1.91 bits per heavy atom. The van der Waals surface area contributed by atoms with Crippen LogP contribution in [0.4, 0.5) is 27.7 Å². The Bertz CT molecular complexity index is 1190. The van der Waals surface area contributed by atoms with Crippen molar-refractivity contribution in [2.45, 2.75) is 33.7 Å². The Hall–Kier alpha value is -3.73. The second-order valence-electron chi connectivity index (χ2n) is 8.28. The maximum Gasteiger partial charge on any atom is 0.229 e. The zero-order valence-corrected chi connectivity index (χ0v) is 19.9. The molecule has 1 aliphatic heterocycles. The van der Waals surface area contributed by atoms with Gasteiger partial charge in [0.15, 0.2) is 17.5 Å². The van der Waals surface area contributed by atoms with Crippen LogP contribution in [-0.4, -0.2) is 63.2 Å². The molecule has 2 N–H and O–H groups in total. The van der Waals surface area contributed by atoms with E-state index in [1.165, 1.54) is 0 Å². The summed E-state index contributed by atoms with van der Waals surface area (Å²) in [6.45, 7) is 15.2. The lowest BCUT2D eigenvalue weighted by Crippen LogP contribution is -2.43. The average Bonchev–Trinajstić information content (AvgIpc) is 3.12. The topological polar surface area (TPSA) is 109 Å². The Kier molecular flexibility index (Phi) is 6.92. The molecular weight excluding hydrogens is 435 g/mol. The van der Waals surface area contributed by atoms with Crippen molar-refractivity contribution in [3.8, 4) is 0 Å². The van der Waals surface area contributed by atoms with E-state index in [2.05, 4.69) is 52.2 Å². The van der Waals surface area contributed by atoms with Crippen LogP contribution in [-0.2, 0) is 0 Å². The van der Waals surface area contributed by atoms with E-state index in [4.69, 9.17) is 0 Å². The highest BCUT2D eigenvalue weighted by Gasteiger charge is 2.18. The molecule has 0 radical (unpaired) electrons. The number of aromatic nitrogens is 5. The van der Waals surface area contributed by atoms with Crippen LogP contribution >= 0.6 is 0 Å². The molecule has 0 amide bonds. The van der Waals surface area contributed by atoms with Crippen LogP contribution in [0.2, 0.25) is 0 Å². The number of rotatable bonds is 6. The number of pyridine rings is 1. The minimum absolute atomic E-state index is 0.0508. The molecule has 3 aromatic heterocycles. The summed E-state index contributed by atoms with van der Waals surface area (Å²) in [5.41, 5.74) is 1.71. The normalized spacial score (nSPS) is 14.5. The fourth-order valence-electron chi connectivity index (χ4n) is 3.96. The van der Waals surface area contributed by atoms with Crippen molar-refractivity contribution >= 4 is 35.8 Å². The molecule has 0 unspecified atom stereocenters. The SMILES string of the molecule is C=NC(=Nc1c(C)nc(C)n1C(C)C)c1nc(Nc2ccc(N3CCNCC3)cn2)ncc1F. The van der Waals surface area contributed by atoms with E-state index in [-0.39, 0.29) is 23.5 Å². The number of nitrogens with one attached hydrogen (secondary N) is 2. The highest BCUT2D eigenvalue weighted by Crippen LogP contribution is 2.26. The molecule has 0 bridgehead atoms. The van der Waals surface area contributed by atoms with Crippen molar-refractivity contribution in [2.75, 3.05) is 36.4 Å². The molecule has 1 aliphatic rings. The number of hydrogen-bond acceptors (Lipinski definition) is 8. The number of piperazine rings is 1. The van der Waals surface area contributed by atoms with Gasteiger partial charge in [0.05, 0.1) is 23.8 Å². The van der Waals surface area contributed by atoms with E-state index < -0.39 is 5.82 Å². The van der Waals surface area contributed by atoms with Crippen molar-refractivity contribution in [1.82, 2.24) is 29.8 Å². The number of hydrogen-bond donors (Lipinski definition) is 2. The first kappa shape index (κ1) is 23.4. The summed E-state index contributed by atoms with van der Waals surface area (Å²) in [4.78, 5) is 28.1. The third-order valence-electron chi connectivity index (χ3n) is 5.53. The van der Waals surface area contributed by atoms with E-state index in [1.807, 2.05) is 44.4 Å². The maximum atomic E-state index is 14.7. The zero-order valence-electron chi connectivity index (χ0n) is 19.9. The molecule has 10 nitrogen and oxygen atoms in total. The molecular formula is C23H29FN10. The molecule has 0 aliphatic carbocycles. The molecule has 0 saturated carbocycles. The quantitative estimate of drug-likeness (QED) is 0.425. The first-order chi connectivity index (χ1) is 16.4. The first-order valence-corrected chi connectivity index (χ1v) is 11.2. The molecule has 3 aromatic rings.